The second-order valence-electron chi connectivity index (χ2n) is 4.65. The minimum Gasteiger partial charge on any atom is -0.490 e. The first kappa shape index (κ1) is 12.9. The Morgan fingerprint density at radius 2 is 2.24 bits per heavy atom. The van der Waals surface area contributed by atoms with Crippen LogP contribution < -0.4 is 4.74 Å². The van der Waals surface area contributed by atoms with Crippen LogP contribution in [-0.2, 0) is 10.1 Å². The molecule has 0 bridgehead atoms. The van der Waals surface area contributed by atoms with Crippen LogP contribution in [0.2, 0.25) is 0 Å². The van der Waals surface area contributed by atoms with Crippen LogP contribution in [0.15, 0.2) is 18.2 Å². The number of benzene rings is 1. The van der Waals surface area contributed by atoms with E-state index in [1.807, 2.05) is 0 Å². The number of hydrogen-bond acceptors (Lipinski definition) is 2. The molecular weight excluding hydrogens is 280 g/mol. The molecule has 0 N–H and O–H groups in total. The third-order valence-corrected chi connectivity index (χ3v) is 3.78. The van der Waals surface area contributed by atoms with Gasteiger partial charge in [-0.25, -0.2) is 0 Å². The van der Waals surface area contributed by atoms with Crippen LogP contribution in [-0.4, -0.2) is 18.8 Å². The van der Waals surface area contributed by atoms with Gasteiger partial charge in [-0.3, -0.25) is 0 Å². The maximum absolute atomic E-state index is 5.94. The number of ether oxygens (including phenoxy) is 2. The van der Waals surface area contributed by atoms with E-state index in [1.165, 1.54) is 11.1 Å². The molecule has 1 aliphatic rings. The van der Waals surface area contributed by atoms with E-state index in [-0.39, 0.29) is 6.10 Å². The van der Waals surface area contributed by atoms with Crippen LogP contribution >= 0.6 is 15.9 Å². The van der Waals surface area contributed by atoms with E-state index in [1.54, 1.807) is 0 Å². The summed E-state index contributed by atoms with van der Waals surface area (Å²) in [7, 11) is 0. The van der Waals surface area contributed by atoms with Crippen molar-refractivity contribution in [1.82, 2.24) is 0 Å². The van der Waals surface area contributed by atoms with E-state index in [0.29, 0.717) is 12.7 Å². The summed E-state index contributed by atoms with van der Waals surface area (Å²) in [5.41, 5.74) is 2.39. The van der Waals surface area contributed by atoms with Crippen LogP contribution in [0.3, 0.4) is 0 Å². The summed E-state index contributed by atoms with van der Waals surface area (Å²) < 4.78 is 11.7. The molecule has 1 aromatic rings. The summed E-state index contributed by atoms with van der Waals surface area (Å²) in [6.07, 6.45) is 2.90. The van der Waals surface area contributed by atoms with Gasteiger partial charge in [0.25, 0.3) is 0 Å². The van der Waals surface area contributed by atoms with E-state index < -0.39 is 0 Å². The second kappa shape index (κ2) is 5.87. The molecule has 17 heavy (non-hydrogen) atoms. The van der Waals surface area contributed by atoms with Crippen LogP contribution in [0.1, 0.15) is 30.9 Å². The van der Waals surface area contributed by atoms with Crippen molar-refractivity contribution < 1.29 is 9.47 Å². The lowest BCUT2D eigenvalue weighted by atomic mass is 10.1. The summed E-state index contributed by atoms with van der Waals surface area (Å²) in [5.74, 6) is 1.01. The fourth-order valence-corrected chi connectivity index (χ4v) is 2.65. The normalized spacial score (nSPS) is 23.9. The molecule has 1 saturated heterocycles. The molecule has 1 heterocycles. The summed E-state index contributed by atoms with van der Waals surface area (Å²) in [6, 6.07) is 6.24. The molecule has 2 rings (SSSR count). The van der Waals surface area contributed by atoms with Crippen molar-refractivity contribution in [3.63, 3.8) is 0 Å². The zero-order valence-electron chi connectivity index (χ0n) is 10.4. The van der Waals surface area contributed by atoms with Crippen molar-refractivity contribution in [2.45, 2.75) is 44.2 Å². The minimum absolute atomic E-state index is 0.257. The van der Waals surface area contributed by atoms with Gasteiger partial charge in [0.2, 0.25) is 0 Å². The fraction of sp³-hybridized carbons (Fsp3) is 0.571. The first-order valence-corrected chi connectivity index (χ1v) is 7.25. The highest BCUT2D eigenvalue weighted by molar-refractivity contribution is 9.08. The number of aryl methyl sites for hydroxylation is 1. The molecule has 2 atom stereocenters. The average molecular weight is 299 g/mol. The Bertz CT molecular complexity index is 378. The first-order chi connectivity index (χ1) is 8.20. The Balaban J connectivity index is 1.98. The second-order valence-corrected chi connectivity index (χ2v) is 5.21. The molecule has 1 fully saturated rings. The van der Waals surface area contributed by atoms with Crippen LogP contribution in [0, 0.1) is 6.92 Å². The molecule has 3 heteroatoms. The summed E-state index contributed by atoms with van der Waals surface area (Å²) in [5, 5.41) is 0.825. The minimum atomic E-state index is 0.257. The molecule has 0 aliphatic carbocycles. The molecule has 0 aromatic heterocycles. The Kier molecular flexibility index (Phi) is 4.46. The van der Waals surface area contributed by atoms with Crippen LogP contribution in [0.5, 0.6) is 5.75 Å². The van der Waals surface area contributed by atoms with Crippen molar-refractivity contribution in [3.8, 4) is 5.75 Å². The van der Waals surface area contributed by atoms with Crippen LogP contribution in [0.4, 0.5) is 0 Å². The number of halogens is 1. The third kappa shape index (κ3) is 3.23. The van der Waals surface area contributed by atoms with Crippen molar-refractivity contribution in [1.29, 1.82) is 0 Å². The van der Waals surface area contributed by atoms with E-state index in [0.717, 1.165) is 23.9 Å². The molecule has 0 spiro atoms. The molecule has 1 aromatic carbocycles. The van der Waals surface area contributed by atoms with Gasteiger partial charge in [0.05, 0.1) is 12.2 Å². The molecular formula is C14H19BrO2. The molecule has 2 unspecified atom stereocenters. The van der Waals surface area contributed by atoms with Crippen molar-refractivity contribution in [2.24, 2.45) is 0 Å². The van der Waals surface area contributed by atoms with E-state index in [4.69, 9.17) is 9.47 Å². The quantitative estimate of drug-likeness (QED) is 0.787. The SMILES string of the molecule is Cc1cccc(CBr)c1OCC1CCC(C)O1. The van der Waals surface area contributed by atoms with E-state index in [9.17, 15) is 0 Å². The van der Waals surface area contributed by atoms with Gasteiger partial charge in [-0.15, -0.1) is 0 Å². The molecule has 0 saturated carbocycles. The number of rotatable bonds is 4. The van der Waals surface area contributed by atoms with Crippen LogP contribution in [0.25, 0.3) is 0 Å². The largest absolute Gasteiger partial charge is 0.490 e. The summed E-state index contributed by atoms with van der Waals surface area (Å²) in [6.45, 7) is 4.87. The highest BCUT2D eigenvalue weighted by Gasteiger charge is 2.22. The highest BCUT2D eigenvalue weighted by atomic mass is 79.9. The van der Waals surface area contributed by atoms with Gasteiger partial charge in [0.1, 0.15) is 12.4 Å². The summed E-state index contributed by atoms with van der Waals surface area (Å²) in [4.78, 5) is 0. The predicted octanol–water partition coefficient (Wildman–Crippen LogP) is 3.84. The fourth-order valence-electron chi connectivity index (χ4n) is 2.21. The van der Waals surface area contributed by atoms with Crippen molar-refractivity contribution in [2.75, 3.05) is 6.61 Å². The molecule has 0 amide bonds. The predicted molar refractivity (Wildman–Crippen MR) is 72.9 cm³/mol. The highest BCUT2D eigenvalue weighted by Crippen LogP contribution is 2.27. The summed E-state index contributed by atoms with van der Waals surface area (Å²) >= 11 is 3.49. The Hall–Kier alpha value is -0.540. The molecule has 1 aliphatic heterocycles. The van der Waals surface area contributed by atoms with Gasteiger partial charge in [-0.2, -0.15) is 0 Å². The van der Waals surface area contributed by atoms with Gasteiger partial charge in [0, 0.05) is 10.9 Å². The van der Waals surface area contributed by atoms with Crippen molar-refractivity contribution in [3.05, 3.63) is 29.3 Å². The molecule has 94 valence electrons. The smallest absolute Gasteiger partial charge is 0.126 e. The molecule has 2 nitrogen and oxygen atoms in total. The lowest BCUT2D eigenvalue weighted by Gasteiger charge is -2.16. The van der Waals surface area contributed by atoms with Gasteiger partial charge >= 0.3 is 0 Å². The van der Waals surface area contributed by atoms with E-state index >= 15 is 0 Å². The molecule has 0 radical (unpaired) electrons. The maximum atomic E-state index is 5.94. The topological polar surface area (TPSA) is 18.5 Å². The number of alkyl halides is 1. The number of para-hydroxylation sites is 1. The third-order valence-electron chi connectivity index (χ3n) is 3.17. The van der Waals surface area contributed by atoms with Gasteiger partial charge in [-0.05, 0) is 32.3 Å². The Morgan fingerprint density at radius 3 is 2.88 bits per heavy atom. The van der Waals surface area contributed by atoms with Crippen molar-refractivity contribution >= 4 is 15.9 Å². The van der Waals surface area contributed by atoms with E-state index in [2.05, 4.69) is 48.0 Å². The van der Waals surface area contributed by atoms with Gasteiger partial charge in [0.15, 0.2) is 0 Å². The maximum Gasteiger partial charge on any atom is 0.126 e. The zero-order valence-corrected chi connectivity index (χ0v) is 12.0. The Morgan fingerprint density at radius 1 is 1.41 bits per heavy atom. The Labute approximate surface area is 111 Å². The lowest BCUT2D eigenvalue weighted by molar-refractivity contribution is 0.0261. The van der Waals surface area contributed by atoms with Gasteiger partial charge in [-0.1, -0.05) is 34.1 Å². The first-order valence-electron chi connectivity index (χ1n) is 6.13. The average Bonchev–Trinajstić information content (AvgIpc) is 2.73. The lowest BCUT2D eigenvalue weighted by Crippen LogP contribution is -2.18. The van der Waals surface area contributed by atoms with Gasteiger partial charge < -0.3 is 9.47 Å². The monoisotopic (exact) mass is 298 g/mol. The standard InChI is InChI=1S/C14H19BrO2/c1-10-4-3-5-12(8-15)14(10)16-9-13-7-6-11(2)17-13/h3-5,11,13H,6-9H2,1-2H3. The number of hydrogen-bond donors (Lipinski definition) is 0. The zero-order chi connectivity index (χ0) is 12.3.